The Morgan fingerprint density at radius 1 is 0.867 bits per heavy atom. The maximum atomic E-state index is 6.31. The molecule has 5 nitrogen and oxygen atoms in total. The van der Waals surface area contributed by atoms with Crippen molar-refractivity contribution in [2.75, 3.05) is 27.9 Å². The van der Waals surface area contributed by atoms with Gasteiger partial charge in [-0.3, -0.25) is 4.99 Å². The highest BCUT2D eigenvalue weighted by Crippen LogP contribution is 2.46. The van der Waals surface area contributed by atoms with Crippen molar-refractivity contribution in [1.29, 1.82) is 0 Å². The predicted molar refractivity (Wildman–Crippen MR) is 117 cm³/mol. The lowest BCUT2D eigenvalue weighted by atomic mass is 9.89. The summed E-state index contributed by atoms with van der Waals surface area (Å²) in [6.07, 6.45) is -0.253. The van der Waals surface area contributed by atoms with Crippen LogP contribution in [0.5, 0.6) is 17.2 Å². The SMILES string of the molecule is COc1cc(OCc2ccccc2)c2c(c1OC)C(OC)CN=C2c1ccccc1. The van der Waals surface area contributed by atoms with Crippen molar-refractivity contribution in [2.24, 2.45) is 4.99 Å². The molecule has 5 heteroatoms. The van der Waals surface area contributed by atoms with Crippen LogP contribution in [0.25, 0.3) is 0 Å². The third-order valence-corrected chi connectivity index (χ3v) is 5.21. The summed E-state index contributed by atoms with van der Waals surface area (Å²) in [5, 5.41) is 0. The number of nitrogens with zero attached hydrogens (tertiary/aromatic N) is 1. The van der Waals surface area contributed by atoms with Gasteiger partial charge in [0.2, 0.25) is 0 Å². The molecule has 0 amide bonds. The molecular formula is C25H25NO4. The summed E-state index contributed by atoms with van der Waals surface area (Å²) in [4.78, 5) is 4.86. The van der Waals surface area contributed by atoms with Crippen molar-refractivity contribution in [1.82, 2.24) is 0 Å². The largest absolute Gasteiger partial charge is 0.493 e. The first-order valence-electron chi connectivity index (χ1n) is 9.85. The van der Waals surface area contributed by atoms with Crippen LogP contribution in [0.2, 0.25) is 0 Å². The lowest BCUT2D eigenvalue weighted by Gasteiger charge is -2.29. The fourth-order valence-electron chi connectivity index (χ4n) is 3.77. The molecule has 0 fully saturated rings. The fraction of sp³-hybridized carbons (Fsp3) is 0.240. The molecule has 0 saturated carbocycles. The summed E-state index contributed by atoms with van der Waals surface area (Å²) in [7, 11) is 4.95. The topological polar surface area (TPSA) is 49.3 Å². The van der Waals surface area contributed by atoms with E-state index in [0.717, 1.165) is 28.0 Å². The van der Waals surface area contributed by atoms with Gasteiger partial charge in [-0.2, -0.15) is 0 Å². The Labute approximate surface area is 176 Å². The average molecular weight is 403 g/mol. The first-order valence-corrected chi connectivity index (χ1v) is 9.85. The van der Waals surface area contributed by atoms with E-state index in [2.05, 4.69) is 0 Å². The molecule has 4 rings (SSSR count). The molecular weight excluding hydrogens is 378 g/mol. The molecule has 0 spiro atoms. The third kappa shape index (κ3) is 3.76. The van der Waals surface area contributed by atoms with E-state index in [-0.39, 0.29) is 6.10 Å². The van der Waals surface area contributed by atoms with Gasteiger partial charge in [0, 0.05) is 24.3 Å². The van der Waals surface area contributed by atoms with Crippen LogP contribution in [0.4, 0.5) is 0 Å². The number of ether oxygens (including phenoxy) is 4. The van der Waals surface area contributed by atoms with Gasteiger partial charge < -0.3 is 18.9 Å². The van der Waals surface area contributed by atoms with Crippen molar-refractivity contribution in [3.8, 4) is 17.2 Å². The number of hydrogen-bond acceptors (Lipinski definition) is 5. The molecule has 154 valence electrons. The van der Waals surface area contributed by atoms with Gasteiger partial charge in [-0.15, -0.1) is 0 Å². The van der Waals surface area contributed by atoms with Crippen LogP contribution in [-0.2, 0) is 11.3 Å². The summed E-state index contributed by atoms with van der Waals surface area (Å²) in [5.74, 6) is 1.95. The number of fused-ring (bicyclic) bond motifs is 1. The minimum Gasteiger partial charge on any atom is -0.493 e. The maximum Gasteiger partial charge on any atom is 0.167 e. The molecule has 0 saturated heterocycles. The number of hydrogen-bond donors (Lipinski definition) is 0. The molecule has 0 radical (unpaired) electrons. The van der Waals surface area contributed by atoms with E-state index in [9.17, 15) is 0 Å². The van der Waals surface area contributed by atoms with E-state index in [1.165, 1.54) is 0 Å². The second-order valence-electron chi connectivity index (χ2n) is 6.95. The second kappa shape index (κ2) is 9.01. The normalized spacial score (nSPS) is 15.2. The quantitative estimate of drug-likeness (QED) is 0.567. The molecule has 0 aromatic heterocycles. The summed E-state index contributed by atoms with van der Waals surface area (Å²) >= 11 is 0. The molecule has 1 aliphatic heterocycles. The lowest BCUT2D eigenvalue weighted by molar-refractivity contribution is 0.106. The summed E-state index contributed by atoms with van der Waals surface area (Å²) in [6, 6.07) is 22.0. The van der Waals surface area contributed by atoms with Crippen LogP contribution in [0.15, 0.2) is 71.7 Å². The Morgan fingerprint density at radius 3 is 2.20 bits per heavy atom. The number of rotatable bonds is 7. The molecule has 1 heterocycles. The van der Waals surface area contributed by atoms with Gasteiger partial charge in [0.05, 0.1) is 32.0 Å². The molecule has 0 N–H and O–H groups in total. The fourth-order valence-corrected chi connectivity index (χ4v) is 3.77. The molecule has 1 aliphatic rings. The average Bonchev–Trinajstić information content (AvgIpc) is 2.82. The zero-order chi connectivity index (χ0) is 20.9. The summed E-state index contributed by atoms with van der Waals surface area (Å²) in [5.41, 5.74) is 4.75. The monoisotopic (exact) mass is 403 g/mol. The van der Waals surface area contributed by atoms with E-state index >= 15 is 0 Å². The molecule has 0 bridgehead atoms. The first-order chi connectivity index (χ1) is 14.8. The zero-order valence-electron chi connectivity index (χ0n) is 17.4. The molecule has 3 aromatic rings. The number of methoxy groups -OCH3 is 3. The maximum absolute atomic E-state index is 6.31. The minimum atomic E-state index is -0.253. The molecule has 1 atom stereocenters. The van der Waals surface area contributed by atoms with Crippen molar-refractivity contribution in [3.05, 3.63) is 89.0 Å². The molecule has 1 unspecified atom stereocenters. The van der Waals surface area contributed by atoms with Crippen molar-refractivity contribution < 1.29 is 18.9 Å². The van der Waals surface area contributed by atoms with Gasteiger partial charge in [0.15, 0.2) is 11.5 Å². The highest BCUT2D eigenvalue weighted by atomic mass is 16.5. The highest BCUT2D eigenvalue weighted by molar-refractivity contribution is 6.16. The van der Waals surface area contributed by atoms with Gasteiger partial charge in [0.25, 0.3) is 0 Å². The molecule has 3 aromatic carbocycles. The molecule has 0 aliphatic carbocycles. The standard InChI is InChI=1S/C25H25NO4/c1-27-20-14-19(30-16-17-10-6-4-7-11-17)22-23(25(20)29-3)21(28-2)15-26-24(22)18-12-8-5-9-13-18/h4-14,21H,15-16H2,1-3H3. The first kappa shape index (κ1) is 20.0. The van der Waals surface area contributed by atoms with Gasteiger partial charge in [-0.1, -0.05) is 60.7 Å². The van der Waals surface area contributed by atoms with Crippen LogP contribution >= 0.6 is 0 Å². The van der Waals surface area contributed by atoms with Crippen LogP contribution in [0.3, 0.4) is 0 Å². The molecule has 30 heavy (non-hydrogen) atoms. The van der Waals surface area contributed by atoms with Crippen LogP contribution < -0.4 is 14.2 Å². The summed E-state index contributed by atoms with van der Waals surface area (Å²) < 4.78 is 23.5. The van der Waals surface area contributed by atoms with Crippen LogP contribution in [0.1, 0.15) is 28.4 Å². The third-order valence-electron chi connectivity index (χ3n) is 5.21. The van der Waals surface area contributed by atoms with Crippen molar-refractivity contribution in [3.63, 3.8) is 0 Å². The van der Waals surface area contributed by atoms with Gasteiger partial charge in [-0.05, 0) is 5.56 Å². The van der Waals surface area contributed by atoms with E-state index < -0.39 is 0 Å². The van der Waals surface area contributed by atoms with E-state index in [1.807, 2.05) is 66.7 Å². The van der Waals surface area contributed by atoms with Crippen LogP contribution in [0, 0.1) is 0 Å². The van der Waals surface area contributed by atoms with Gasteiger partial charge >= 0.3 is 0 Å². The van der Waals surface area contributed by atoms with Crippen molar-refractivity contribution >= 4 is 5.71 Å². The summed E-state index contributed by atoms with van der Waals surface area (Å²) in [6.45, 7) is 0.928. The van der Waals surface area contributed by atoms with Gasteiger partial charge in [0.1, 0.15) is 18.5 Å². The van der Waals surface area contributed by atoms with E-state index in [4.69, 9.17) is 23.9 Å². The number of benzene rings is 3. The zero-order valence-corrected chi connectivity index (χ0v) is 17.4. The Balaban J connectivity index is 1.88. The second-order valence-corrected chi connectivity index (χ2v) is 6.95. The Morgan fingerprint density at radius 2 is 1.57 bits per heavy atom. The Bertz CT molecular complexity index is 1030. The van der Waals surface area contributed by atoms with Crippen molar-refractivity contribution in [2.45, 2.75) is 12.7 Å². The smallest absolute Gasteiger partial charge is 0.167 e. The predicted octanol–water partition coefficient (Wildman–Crippen LogP) is 4.82. The Hall–Kier alpha value is -3.31. The number of aliphatic imine (C=N–C) groups is 1. The Kier molecular flexibility index (Phi) is 6.00. The highest BCUT2D eigenvalue weighted by Gasteiger charge is 2.33. The van der Waals surface area contributed by atoms with E-state index in [0.29, 0.717) is 30.4 Å². The van der Waals surface area contributed by atoms with Crippen LogP contribution in [-0.4, -0.2) is 33.6 Å². The minimum absolute atomic E-state index is 0.253. The van der Waals surface area contributed by atoms with E-state index in [1.54, 1.807) is 21.3 Å². The lowest BCUT2D eigenvalue weighted by Crippen LogP contribution is -2.22. The van der Waals surface area contributed by atoms with Gasteiger partial charge in [-0.25, -0.2) is 0 Å².